The van der Waals surface area contributed by atoms with E-state index in [-0.39, 0.29) is 5.91 Å². The highest BCUT2D eigenvalue weighted by Gasteiger charge is 2.20. The summed E-state index contributed by atoms with van der Waals surface area (Å²) in [6, 6.07) is 17.3. The minimum Gasteiger partial charge on any atom is -0.322 e. The molecule has 1 heterocycles. The van der Waals surface area contributed by atoms with E-state index >= 15 is 0 Å². The quantitative estimate of drug-likeness (QED) is 0.672. The zero-order valence-electron chi connectivity index (χ0n) is 13.0. The number of carbonyl (C=O) groups is 1. The van der Waals surface area contributed by atoms with Crippen LogP contribution in [0, 0.1) is 6.92 Å². The van der Waals surface area contributed by atoms with Gasteiger partial charge >= 0.3 is 0 Å². The highest BCUT2D eigenvalue weighted by Crippen LogP contribution is 2.23. The number of nitrogens with one attached hydrogen (secondary N) is 1. The van der Waals surface area contributed by atoms with Crippen molar-refractivity contribution >= 4 is 39.1 Å². The van der Waals surface area contributed by atoms with Crippen LogP contribution in [0.15, 0.2) is 59.1 Å². The maximum absolute atomic E-state index is 12.6. The van der Waals surface area contributed by atoms with Crippen molar-refractivity contribution in [3.05, 3.63) is 81.0 Å². The van der Waals surface area contributed by atoms with Gasteiger partial charge in [0.25, 0.3) is 5.91 Å². The van der Waals surface area contributed by atoms with Crippen molar-refractivity contribution in [2.75, 3.05) is 5.32 Å². The maximum atomic E-state index is 12.6. The fraction of sp³-hybridized carbons (Fsp3) is 0.111. The van der Waals surface area contributed by atoms with E-state index < -0.39 is 0 Å². The van der Waals surface area contributed by atoms with E-state index in [2.05, 4.69) is 26.3 Å². The van der Waals surface area contributed by atoms with Crippen molar-refractivity contribution in [3.8, 4) is 0 Å². The molecule has 0 atom stereocenters. The third-order valence-electron chi connectivity index (χ3n) is 3.55. The number of halogens is 2. The molecule has 1 aromatic heterocycles. The molecule has 24 heavy (non-hydrogen) atoms. The Labute approximate surface area is 153 Å². The van der Waals surface area contributed by atoms with Crippen LogP contribution in [0.25, 0.3) is 0 Å². The van der Waals surface area contributed by atoms with Gasteiger partial charge < -0.3 is 5.32 Å². The molecule has 0 saturated heterocycles. The Morgan fingerprint density at radius 1 is 1.21 bits per heavy atom. The third kappa shape index (κ3) is 3.68. The molecule has 0 aliphatic rings. The largest absolute Gasteiger partial charge is 0.322 e. The Morgan fingerprint density at radius 2 is 1.96 bits per heavy atom. The smallest absolute Gasteiger partial charge is 0.260 e. The first-order valence-corrected chi connectivity index (χ1v) is 8.55. The number of aryl methyl sites for hydroxylation is 1. The molecule has 0 aliphatic carbocycles. The van der Waals surface area contributed by atoms with Crippen LogP contribution in [0.5, 0.6) is 0 Å². The van der Waals surface area contributed by atoms with Gasteiger partial charge in [-0.05, 0) is 30.7 Å². The lowest BCUT2D eigenvalue weighted by Crippen LogP contribution is -2.13. The number of nitrogens with zero attached hydrogens (tertiary/aromatic N) is 2. The van der Waals surface area contributed by atoms with Gasteiger partial charge in [0.05, 0.1) is 17.8 Å². The van der Waals surface area contributed by atoms with E-state index in [1.807, 2.05) is 54.6 Å². The summed E-state index contributed by atoms with van der Waals surface area (Å²) in [4.78, 5) is 12.6. The number of hydrogen-bond donors (Lipinski definition) is 1. The van der Waals surface area contributed by atoms with Crippen LogP contribution in [0.2, 0.25) is 5.15 Å². The molecule has 3 rings (SSSR count). The molecule has 122 valence electrons. The molecule has 0 saturated carbocycles. The summed E-state index contributed by atoms with van der Waals surface area (Å²) in [6.45, 7) is 2.30. The minimum absolute atomic E-state index is 0.269. The van der Waals surface area contributed by atoms with E-state index in [9.17, 15) is 4.79 Å². The average molecular weight is 405 g/mol. The van der Waals surface area contributed by atoms with Crippen LogP contribution in [-0.4, -0.2) is 15.7 Å². The Hall–Kier alpha value is -2.11. The lowest BCUT2D eigenvalue weighted by atomic mass is 10.2. The number of anilines is 1. The van der Waals surface area contributed by atoms with Crippen molar-refractivity contribution in [3.63, 3.8) is 0 Å². The van der Waals surface area contributed by atoms with Gasteiger partial charge in [-0.15, -0.1) is 0 Å². The SMILES string of the molecule is Cc1nn(Cc2ccccc2)c(Cl)c1C(=O)Nc1cccc(Br)c1. The van der Waals surface area contributed by atoms with E-state index in [1.165, 1.54) is 0 Å². The van der Waals surface area contributed by atoms with Gasteiger partial charge in [0.2, 0.25) is 0 Å². The van der Waals surface area contributed by atoms with Gasteiger partial charge in [-0.3, -0.25) is 4.79 Å². The molecule has 4 nitrogen and oxygen atoms in total. The predicted octanol–water partition coefficient (Wildman–Crippen LogP) is 4.91. The fourth-order valence-corrected chi connectivity index (χ4v) is 3.15. The number of carbonyl (C=O) groups excluding carboxylic acids is 1. The monoisotopic (exact) mass is 403 g/mol. The van der Waals surface area contributed by atoms with Crippen molar-refractivity contribution in [2.45, 2.75) is 13.5 Å². The standard InChI is InChI=1S/C18H15BrClN3O/c1-12-16(18(24)21-15-9-5-8-14(19)10-15)17(20)23(22-12)11-13-6-3-2-4-7-13/h2-10H,11H2,1H3,(H,21,24). The van der Waals surface area contributed by atoms with E-state index in [0.29, 0.717) is 28.6 Å². The van der Waals surface area contributed by atoms with Gasteiger partial charge in [0.15, 0.2) is 0 Å². The lowest BCUT2D eigenvalue weighted by Gasteiger charge is -2.06. The molecule has 1 N–H and O–H groups in total. The van der Waals surface area contributed by atoms with E-state index in [1.54, 1.807) is 11.6 Å². The molecule has 1 amide bonds. The van der Waals surface area contributed by atoms with Gasteiger partial charge in [-0.1, -0.05) is 63.9 Å². The van der Waals surface area contributed by atoms with Gasteiger partial charge in [0, 0.05) is 10.2 Å². The Kier molecular flexibility index (Phi) is 5.02. The second-order valence-electron chi connectivity index (χ2n) is 5.36. The Morgan fingerprint density at radius 3 is 2.67 bits per heavy atom. The number of aromatic nitrogens is 2. The van der Waals surface area contributed by atoms with Crippen LogP contribution in [0.3, 0.4) is 0 Å². The average Bonchev–Trinajstić information content (AvgIpc) is 2.82. The van der Waals surface area contributed by atoms with Crippen molar-refractivity contribution in [2.24, 2.45) is 0 Å². The lowest BCUT2D eigenvalue weighted by molar-refractivity contribution is 0.102. The van der Waals surface area contributed by atoms with Gasteiger partial charge in [-0.25, -0.2) is 4.68 Å². The molecular weight excluding hydrogens is 390 g/mol. The number of amides is 1. The van der Waals surface area contributed by atoms with E-state index in [0.717, 1.165) is 10.0 Å². The molecule has 2 aromatic carbocycles. The summed E-state index contributed by atoms with van der Waals surface area (Å²) in [6.07, 6.45) is 0. The summed E-state index contributed by atoms with van der Waals surface area (Å²) in [5.74, 6) is -0.269. The van der Waals surface area contributed by atoms with Gasteiger partial charge in [0.1, 0.15) is 5.15 Å². The first kappa shape index (κ1) is 16.7. The number of rotatable bonds is 4. The molecule has 0 bridgehead atoms. The second-order valence-corrected chi connectivity index (χ2v) is 6.63. The second kappa shape index (κ2) is 7.20. The van der Waals surface area contributed by atoms with Crippen molar-refractivity contribution in [1.82, 2.24) is 9.78 Å². The normalized spacial score (nSPS) is 10.6. The van der Waals surface area contributed by atoms with Crippen molar-refractivity contribution < 1.29 is 4.79 Å². The van der Waals surface area contributed by atoms with Gasteiger partial charge in [-0.2, -0.15) is 5.10 Å². The highest BCUT2D eigenvalue weighted by molar-refractivity contribution is 9.10. The molecule has 0 spiro atoms. The highest BCUT2D eigenvalue weighted by atomic mass is 79.9. The van der Waals surface area contributed by atoms with Crippen LogP contribution >= 0.6 is 27.5 Å². The molecule has 0 unspecified atom stereocenters. The Balaban J connectivity index is 1.84. The number of benzene rings is 2. The Bertz CT molecular complexity index is 877. The molecule has 0 radical (unpaired) electrons. The maximum Gasteiger partial charge on any atom is 0.260 e. The molecule has 3 aromatic rings. The molecule has 0 fully saturated rings. The third-order valence-corrected chi connectivity index (χ3v) is 4.43. The van der Waals surface area contributed by atoms with E-state index in [4.69, 9.17) is 11.6 Å². The first-order chi connectivity index (χ1) is 11.5. The first-order valence-electron chi connectivity index (χ1n) is 7.38. The fourth-order valence-electron chi connectivity index (χ4n) is 2.43. The summed E-state index contributed by atoms with van der Waals surface area (Å²) in [5.41, 5.74) is 2.76. The zero-order chi connectivity index (χ0) is 17.1. The molecule has 6 heteroatoms. The predicted molar refractivity (Wildman–Crippen MR) is 99.6 cm³/mol. The van der Waals surface area contributed by atoms with Crippen LogP contribution in [-0.2, 0) is 6.54 Å². The topological polar surface area (TPSA) is 46.9 Å². The minimum atomic E-state index is -0.269. The van der Waals surface area contributed by atoms with Crippen LogP contribution in [0.4, 0.5) is 5.69 Å². The molecule has 0 aliphatic heterocycles. The molecular formula is C18H15BrClN3O. The summed E-state index contributed by atoms with van der Waals surface area (Å²) >= 11 is 9.79. The van der Waals surface area contributed by atoms with Crippen LogP contribution < -0.4 is 5.32 Å². The number of hydrogen-bond acceptors (Lipinski definition) is 2. The zero-order valence-corrected chi connectivity index (χ0v) is 15.3. The summed E-state index contributed by atoms with van der Waals surface area (Å²) in [7, 11) is 0. The summed E-state index contributed by atoms with van der Waals surface area (Å²) in [5, 5.41) is 7.59. The van der Waals surface area contributed by atoms with Crippen LogP contribution in [0.1, 0.15) is 21.6 Å². The summed E-state index contributed by atoms with van der Waals surface area (Å²) < 4.78 is 2.53. The van der Waals surface area contributed by atoms with Crippen molar-refractivity contribution in [1.29, 1.82) is 0 Å².